The average molecular weight is 455 g/mol. The molecule has 1 aliphatic heterocycles. The van der Waals surface area contributed by atoms with Crippen LogP contribution in [0.3, 0.4) is 0 Å². The van der Waals surface area contributed by atoms with Gasteiger partial charge in [0.1, 0.15) is 0 Å². The Morgan fingerprint density at radius 3 is 2.73 bits per heavy atom. The molecule has 0 bridgehead atoms. The van der Waals surface area contributed by atoms with E-state index in [1.54, 1.807) is 11.6 Å². The summed E-state index contributed by atoms with van der Waals surface area (Å²) in [6.07, 6.45) is 2.70. The van der Waals surface area contributed by atoms with Crippen LogP contribution in [0.1, 0.15) is 44.5 Å². The van der Waals surface area contributed by atoms with E-state index in [0.717, 1.165) is 49.3 Å². The Bertz CT molecular complexity index is 1190. The summed E-state index contributed by atoms with van der Waals surface area (Å²) in [6.45, 7) is 9.61. The molecule has 0 spiro atoms. The number of aromatic nitrogens is 4. The van der Waals surface area contributed by atoms with Gasteiger partial charge >= 0.3 is 0 Å². The number of nitrogens with zero attached hydrogens (tertiary/aromatic N) is 5. The van der Waals surface area contributed by atoms with Crippen LogP contribution < -0.4 is 10.9 Å². The van der Waals surface area contributed by atoms with Gasteiger partial charge in [-0.1, -0.05) is 11.6 Å². The third kappa shape index (κ3) is 5.09. The van der Waals surface area contributed by atoms with Crippen LogP contribution in [0.5, 0.6) is 0 Å². The van der Waals surface area contributed by atoms with Gasteiger partial charge in [0.15, 0.2) is 5.82 Å². The van der Waals surface area contributed by atoms with Gasteiger partial charge in [-0.15, -0.1) is 10.2 Å². The summed E-state index contributed by atoms with van der Waals surface area (Å²) < 4.78 is 9.06. The van der Waals surface area contributed by atoms with Crippen LogP contribution in [0.2, 0.25) is 0 Å². The van der Waals surface area contributed by atoms with Gasteiger partial charge < -0.3 is 10.1 Å². The molecule has 1 aliphatic rings. The van der Waals surface area contributed by atoms with Crippen LogP contribution in [-0.4, -0.2) is 62.3 Å². The van der Waals surface area contributed by atoms with Crippen molar-refractivity contribution < 1.29 is 9.53 Å². The molecule has 3 aromatic rings. The van der Waals surface area contributed by atoms with Gasteiger partial charge in [0, 0.05) is 26.1 Å². The lowest BCUT2D eigenvalue weighted by Crippen LogP contribution is -2.40. The molecule has 4 rings (SSSR count). The summed E-state index contributed by atoms with van der Waals surface area (Å²) in [7, 11) is 1.73. The van der Waals surface area contributed by atoms with Crippen molar-refractivity contribution in [3.05, 3.63) is 39.9 Å². The van der Waals surface area contributed by atoms with Gasteiger partial charge in [-0.05, 0) is 65.3 Å². The van der Waals surface area contributed by atoms with Crippen molar-refractivity contribution in [2.45, 2.75) is 52.7 Å². The first-order valence-electron chi connectivity index (χ1n) is 11.8. The maximum absolute atomic E-state index is 12.8. The molecule has 3 heterocycles. The van der Waals surface area contributed by atoms with Gasteiger partial charge in [0.25, 0.3) is 5.56 Å². The highest BCUT2D eigenvalue weighted by Crippen LogP contribution is 2.21. The highest BCUT2D eigenvalue weighted by atomic mass is 16.5. The molecule has 0 atom stereocenters. The van der Waals surface area contributed by atoms with E-state index >= 15 is 0 Å². The van der Waals surface area contributed by atoms with E-state index in [0.29, 0.717) is 30.9 Å². The number of aryl methyl sites for hydroxylation is 2. The predicted octanol–water partition coefficient (Wildman–Crippen LogP) is 2.03. The van der Waals surface area contributed by atoms with Crippen molar-refractivity contribution in [1.29, 1.82) is 0 Å². The lowest BCUT2D eigenvalue weighted by Gasteiger charge is -2.30. The third-order valence-corrected chi connectivity index (χ3v) is 6.34. The number of piperidine rings is 1. The minimum absolute atomic E-state index is 0.0482. The zero-order valence-corrected chi connectivity index (χ0v) is 20.0. The van der Waals surface area contributed by atoms with Crippen LogP contribution >= 0.6 is 0 Å². The fraction of sp³-hybridized carbons (Fsp3) is 0.583. The Kier molecular flexibility index (Phi) is 7.09. The predicted molar refractivity (Wildman–Crippen MR) is 127 cm³/mol. The highest BCUT2D eigenvalue weighted by molar-refractivity contribution is 5.81. The molecule has 178 valence electrons. The number of carbonyl (C=O) groups is 1. The molecule has 1 N–H and O–H groups in total. The molecule has 9 heteroatoms. The first-order valence-corrected chi connectivity index (χ1v) is 11.8. The Morgan fingerprint density at radius 1 is 1.24 bits per heavy atom. The largest absolute Gasteiger partial charge is 0.379 e. The lowest BCUT2D eigenvalue weighted by atomic mass is 9.96. The maximum Gasteiger partial charge on any atom is 0.262 e. The Hall–Kier alpha value is -2.78. The fourth-order valence-corrected chi connectivity index (χ4v) is 4.46. The molecule has 1 saturated heterocycles. The summed E-state index contributed by atoms with van der Waals surface area (Å²) in [6, 6.07) is 5.89. The van der Waals surface area contributed by atoms with E-state index in [4.69, 9.17) is 4.74 Å². The molecule has 0 unspecified atom stereocenters. The molecular weight excluding hydrogens is 420 g/mol. The highest BCUT2D eigenvalue weighted by Gasteiger charge is 2.26. The van der Waals surface area contributed by atoms with Crippen LogP contribution in [0.15, 0.2) is 23.0 Å². The molecule has 33 heavy (non-hydrogen) atoms. The number of fused-ring (bicyclic) bond motifs is 3. The van der Waals surface area contributed by atoms with E-state index < -0.39 is 0 Å². The summed E-state index contributed by atoms with van der Waals surface area (Å²) in [5.41, 5.74) is 1.80. The van der Waals surface area contributed by atoms with E-state index in [-0.39, 0.29) is 23.5 Å². The molecule has 1 amide bonds. The zero-order valence-electron chi connectivity index (χ0n) is 20.0. The summed E-state index contributed by atoms with van der Waals surface area (Å²) >= 11 is 0. The molecule has 0 radical (unpaired) electrons. The van der Waals surface area contributed by atoms with Crippen LogP contribution in [0, 0.1) is 12.8 Å². The van der Waals surface area contributed by atoms with Gasteiger partial charge in [-0.25, -0.2) is 0 Å². The zero-order chi connectivity index (χ0) is 23.5. The molecule has 1 aromatic carbocycles. The second kappa shape index (κ2) is 10.0. The van der Waals surface area contributed by atoms with E-state index in [1.807, 2.05) is 43.4 Å². The first kappa shape index (κ1) is 23.4. The molecule has 2 aromatic heterocycles. The van der Waals surface area contributed by atoms with Crippen molar-refractivity contribution >= 4 is 22.6 Å². The van der Waals surface area contributed by atoms with Crippen LogP contribution in [0.4, 0.5) is 0 Å². The number of benzene rings is 1. The normalized spacial score (nSPS) is 15.7. The first-order chi connectivity index (χ1) is 15.8. The molecule has 0 aliphatic carbocycles. The number of amides is 1. The van der Waals surface area contributed by atoms with Crippen LogP contribution in [0.25, 0.3) is 16.7 Å². The Morgan fingerprint density at radius 2 is 2.00 bits per heavy atom. The maximum atomic E-state index is 12.8. The number of rotatable bonds is 8. The number of hydrogen-bond acceptors (Lipinski definition) is 6. The van der Waals surface area contributed by atoms with Gasteiger partial charge in [-0.2, -0.15) is 0 Å². The van der Waals surface area contributed by atoms with Crippen molar-refractivity contribution in [2.24, 2.45) is 13.0 Å². The van der Waals surface area contributed by atoms with Gasteiger partial charge in [0.05, 0.1) is 23.6 Å². The van der Waals surface area contributed by atoms with E-state index in [9.17, 15) is 9.59 Å². The molecule has 9 nitrogen and oxygen atoms in total. The molecule has 1 fully saturated rings. The second-order valence-corrected chi connectivity index (χ2v) is 9.25. The van der Waals surface area contributed by atoms with Crippen molar-refractivity contribution in [3.8, 4) is 0 Å². The van der Waals surface area contributed by atoms with Gasteiger partial charge in [0.2, 0.25) is 11.7 Å². The smallest absolute Gasteiger partial charge is 0.262 e. The number of carbonyl (C=O) groups excluding carboxylic acids is 1. The van der Waals surface area contributed by atoms with Crippen molar-refractivity contribution in [2.75, 3.05) is 26.2 Å². The molecule has 0 saturated carbocycles. The SMILES string of the molecule is Cc1ccc2c(c1)c(=O)n(C)c1nnc(CN3CCC(C(=O)NCCCOC(C)C)CC3)n21. The number of ether oxygens (including phenoxy) is 1. The standard InChI is InChI=1S/C24H34N6O3/c1-16(2)33-13-5-10-25-22(31)18-8-11-29(12-9-18)15-21-26-27-24-28(4)23(32)19-14-17(3)6-7-20(19)30(21)24/h6-7,14,16,18H,5,8-13,15H2,1-4H3,(H,25,31). The second-order valence-electron chi connectivity index (χ2n) is 9.25. The molecular formula is C24H34N6O3. The van der Waals surface area contributed by atoms with Crippen molar-refractivity contribution in [3.63, 3.8) is 0 Å². The van der Waals surface area contributed by atoms with E-state index in [1.165, 1.54) is 0 Å². The number of nitrogens with one attached hydrogen (secondary N) is 1. The fourth-order valence-electron chi connectivity index (χ4n) is 4.46. The average Bonchev–Trinajstić information content (AvgIpc) is 3.21. The van der Waals surface area contributed by atoms with Gasteiger partial charge in [-0.3, -0.25) is 23.5 Å². The summed E-state index contributed by atoms with van der Waals surface area (Å²) in [5, 5.41) is 12.4. The van der Waals surface area contributed by atoms with Crippen LogP contribution in [-0.2, 0) is 23.1 Å². The Labute approximate surface area is 193 Å². The summed E-state index contributed by atoms with van der Waals surface area (Å²) in [5.74, 6) is 1.54. The lowest BCUT2D eigenvalue weighted by molar-refractivity contribution is -0.126. The van der Waals surface area contributed by atoms with E-state index in [2.05, 4.69) is 20.4 Å². The minimum atomic E-state index is -0.0669. The third-order valence-electron chi connectivity index (χ3n) is 6.34. The number of likely N-dealkylation sites (tertiary alicyclic amines) is 1. The quantitative estimate of drug-likeness (QED) is 0.524. The topological polar surface area (TPSA) is 93.8 Å². The van der Waals surface area contributed by atoms with Crippen molar-refractivity contribution in [1.82, 2.24) is 29.4 Å². The minimum Gasteiger partial charge on any atom is -0.379 e. The summed E-state index contributed by atoms with van der Waals surface area (Å²) in [4.78, 5) is 27.6. The number of hydrogen-bond donors (Lipinski definition) is 1. The monoisotopic (exact) mass is 454 g/mol. The Balaban J connectivity index is 1.39.